The van der Waals surface area contributed by atoms with Gasteiger partial charge < -0.3 is 24.0 Å². The second-order valence-corrected chi connectivity index (χ2v) is 7.45. The summed E-state index contributed by atoms with van der Waals surface area (Å²) >= 11 is 0. The van der Waals surface area contributed by atoms with Crippen molar-refractivity contribution in [3.63, 3.8) is 0 Å². The van der Waals surface area contributed by atoms with E-state index < -0.39 is 6.10 Å². The van der Waals surface area contributed by atoms with Crippen LogP contribution in [0.25, 0.3) is 0 Å². The van der Waals surface area contributed by atoms with Gasteiger partial charge in [-0.3, -0.25) is 0 Å². The summed E-state index contributed by atoms with van der Waals surface area (Å²) in [5.74, 6) is 2.18. The standard InChI is InChI=1S/C20H29N3O4/c1-14-7-6-8-15(2)23(14)11-17(24)12-25-18-9-4-5-10-19(18)26-13-20-21-16(3)22-27-20/h4-5,9-10,14-15,17,24H,6-8,11-13H2,1-3H3/p+1/t14-,15+,17-/m0/s1. The molecule has 7 nitrogen and oxygen atoms in total. The van der Waals surface area contributed by atoms with Gasteiger partial charge in [0.1, 0.15) is 19.3 Å². The summed E-state index contributed by atoms with van der Waals surface area (Å²) in [6.07, 6.45) is 3.20. The highest BCUT2D eigenvalue weighted by Gasteiger charge is 2.30. The quantitative estimate of drug-likeness (QED) is 0.727. The first-order valence-electron chi connectivity index (χ1n) is 9.70. The highest BCUT2D eigenvalue weighted by molar-refractivity contribution is 5.39. The van der Waals surface area contributed by atoms with Crippen LogP contribution in [0, 0.1) is 6.92 Å². The minimum Gasteiger partial charge on any atom is -0.487 e. The van der Waals surface area contributed by atoms with Gasteiger partial charge in [-0.15, -0.1) is 0 Å². The maximum atomic E-state index is 10.5. The number of likely N-dealkylation sites (tertiary alicyclic amines) is 1. The predicted molar refractivity (Wildman–Crippen MR) is 99.9 cm³/mol. The molecule has 2 aromatic rings. The van der Waals surface area contributed by atoms with Crippen LogP contribution in [0.15, 0.2) is 28.8 Å². The third-order valence-electron chi connectivity index (χ3n) is 5.21. The van der Waals surface area contributed by atoms with Crippen molar-refractivity contribution < 1.29 is 24.0 Å². The second-order valence-electron chi connectivity index (χ2n) is 7.45. The van der Waals surface area contributed by atoms with Crippen molar-refractivity contribution in [2.24, 2.45) is 0 Å². The van der Waals surface area contributed by atoms with Gasteiger partial charge in [-0.2, -0.15) is 4.98 Å². The fraction of sp³-hybridized carbons (Fsp3) is 0.600. The van der Waals surface area contributed by atoms with Crippen LogP contribution in [0.1, 0.15) is 44.8 Å². The van der Waals surface area contributed by atoms with Gasteiger partial charge in [0.25, 0.3) is 5.89 Å². The van der Waals surface area contributed by atoms with Crippen LogP contribution in [-0.4, -0.2) is 46.6 Å². The Bertz CT molecular complexity index is 711. The summed E-state index contributed by atoms with van der Waals surface area (Å²) in [7, 11) is 0. The Labute approximate surface area is 160 Å². The Morgan fingerprint density at radius 3 is 2.48 bits per heavy atom. The number of benzene rings is 1. The van der Waals surface area contributed by atoms with Crippen LogP contribution in [0.4, 0.5) is 0 Å². The lowest BCUT2D eigenvalue weighted by molar-refractivity contribution is -0.954. The molecule has 2 N–H and O–H groups in total. The van der Waals surface area contributed by atoms with Crippen molar-refractivity contribution in [2.45, 2.75) is 64.8 Å². The molecule has 27 heavy (non-hydrogen) atoms. The Kier molecular flexibility index (Phi) is 6.68. The second kappa shape index (κ2) is 9.19. The molecule has 0 aliphatic carbocycles. The van der Waals surface area contributed by atoms with Gasteiger partial charge in [-0.1, -0.05) is 17.3 Å². The van der Waals surface area contributed by atoms with E-state index in [0.29, 0.717) is 41.8 Å². The molecule has 0 amide bonds. The third-order valence-corrected chi connectivity index (χ3v) is 5.21. The molecule has 4 atom stereocenters. The molecule has 0 spiro atoms. The number of rotatable bonds is 8. The number of nitrogens with zero attached hydrogens (tertiary/aromatic N) is 2. The molecule has 1 aliphatic rings. The first-order valence-corrected chi connectivity index (χ1v) is 9.70. The fourth-order valence-corrected chi connectivity index (χ4v) is 3.73. The molecule has 1 aromatic carbocycles. The molecule has 0 bridgehead atoms. The lowest BCUT2D eigenvalue weighted by atomic mass is 9.97. The number of hydrogen-bond acceptors (Lipinski definition) is 6. The number of aromatic nitrogens is 2. The van der Waals surface area contributed by atoms with E-state index in [1.54, 1.807) is 6.92 Å². The molecule has 7 heteroatoms. The van der Waals surface area contributed by atoms with Crippen LogP contribution in [0.2, 0.25) is 0 Å². The molecular formula is C20H30N3O4+. The Morgan fingerprint density at radius 1 is 1.19 bits per heavy atom. The molecule has 1 aromatic heterocycles. The zero-order chi connectivity index (χ0) is 19.2. The number of ether oxygens (including phenoxy) is 2. The Balaban J connectivity index is 1.52. The largest absolute Gasteiger partial charge is 0.487 e. The van der Waals surface area contributed by atoms with E-state index in [0.717, 1.165) is 0 Å². The maximum absolute atomic E-state index is 10.5. The molecule has 1 fully saturated rings. The number of nitrogens with one attached hydrogen (secondary N) is 1. The van der Waals surface area contributed by atoms with Gasteiger partial charge >= 0.3 is 0 Å². The van der Waals surface area contributed by atoms with E-state index in [9.17, 15) is 5.11 Å². The van der Waals surface area contributed by atoms with Gasteiger partial charge in [0.15, 0.2) is 23.9 Å². The smallest absolute Gasteiger partial charge is 0.264 e. The highest BCUT2D eigenvalue weighted by atomic mass is 16.5. The van der Waals surface area contributed by atoms with E-state index in [-0.39, 0.29) is 13.2 Å². The van der Waals surface area contributed by atoms with E-state index in [4.69, 9.17) is 14.0 Å². The molecule has 1 unspecified atom stereocenters. The average molecular weight is 376 g/mol. The SMILES string of the molecule is Cc1noc(COc2ccccc2OC[C@@H](O)C[NH+]2[C@H](C)CCC[C@@H]2C)n1. The van der Waals surface area contributed by atoms with Crippen molar-refractivity contribution >= 4 is 0 Å². The van der Waals surface area contributed by atoms with Gasteiger partial charge in [-0.05, 0) is 52.2 Å². The van der Waals surface area contributed by atoms with E-state index in [1.807, 2.05) is 24.3 Å². The number of aliphatic hydroxyl groups excluding tert-OH is 1. The minimum absolute atomic E-state index is 0.177. The average Bonchev–Trinajstić information content (AvgIpc) is 3.07. The number of aryl methyl sites for hydroxylation is 1. The number of aliphatic hydroxyl groups is 1. The summed E-state index contributed by atoms with van der Waals surface area (Å²) < 4.78 is 16.7. The molecule has 1 saturated heterocycles. The van der Waals surface area contributed by atoms with Crippen molar-refractivity contribution in [3.8, 4) is 11.5 Å². The van der Waals surface area contributed by atoms with Gasteiger partial charge in [0.05, 0.1) is 12.1 Å². The Morgan fingerprint density at radius 2 is 1.85 bits per heavy atom. The zero-order valence-electron chi connectivity index (χ0n) is 16.4. The normalized spacial score (nSPS) is 23.8. The molecular weight excluding hydrogens is 346 g/mol. The monoisotopic (exact) mass is 376 g/mol. The third kappa shape index (κ3) is 5.43. The Hall–Kier alpha value is -2.12. The molecule has 0 radical (unpaired) electrons. The summed E-state index contributed by atoms with van der Waals surface area (Å²) in [5.41, 5.74) is 0. The summed E-state index contributed by atoms with van der Waals surface area (Å²) in [6.45, 7) is 7.41. The van der Waals surface area contributed by atoms with E-state index in [2.05, 4.69) is 24.0 Å². The highest BCUT2D eigenvalue weighted by Crippen LogP contribution is 2.27. The van der Waals surface area contributed by atoms with Gasteiger partial charge in [-0.25, -0.2) is 0 Å². The first kappa shape index (κ1) is 19.6. The van der Waals surface area contributed by atoms with Gasteiger partial charge in [0, 0.05) is 0 Å². The number of hydrogen-bond donors (Lipinski definition) is 2. The lowest BCUT2D eigenvalue weighted by Gasteiger charge is -2.36. The van der Waals surface area contributed by atoms with Crippen LogP contribution in [-0.2, 0) is 6.61 Å². The first-order chi connectivity index (χ1) is 13.0. The van der Waals surface area contributed by atoms with Crippen molar-refractivity contribution in [1.29, 1.82) is 0 Å². The number of para-hydroxylation sites is 2. The van der Waals surface area contributed by atoms with Crippen LogP contribution in [0.5, 0.6) is 11.5 Å². The summed E-state index contributed by atoms with van der Waals surface area (Å²) in [5, 5.41) is 14.2. The fourth-order valence-electron chi connectivity index (χ4n) is 3.73. The van der Waals surface area contributed by atoms with Crippen molar-refractivity contribution in [2.75, 3.05) is 13.2 Å². The van der Waals surface area contributed by atoms with Crippen LogP contribution < -0.4 is 14.4 Å². The number of quaternary nitrogens is 1. The van der Waals surface area contributed by atoms with Gasteiger partial charge in [0.2, 0.25) is 0 Å². The van der Waals surface area contributed by atoms with E-state index >= 15 is 0 Å². The lowest BCUT2D eigenvalue weighted by Crippen LogP contribution is -3.20. The zero-order valence-corrected chi connectivity index (χ0v) is 16.4. The van der Waals surface area contributed by atoms with Crippen LogP contribution >= 0.6 is 0 Å². The van der Waals surface area contributed by atoms with Crippen LogP contribution in [0.3, 0.4) is 0 Å². The minimum atomic E-state index is -0.519. The predicted octanol–water partition coefficient (Wildman–Crippen LogP) is 1.54. The van der Waals surface area contributed by atoms with Crippen molar-refractivity contribution in [1.82, 2.24) is 10.1 Å². The van der Waals surface area contributed by atoms with E-state index in [1.165, 1.54) is 24.2 Å². The topological polar surface area (TPSA) is 82.1 Å². The molecule has 0 saturated carbocycles. The molecule has 3 rings (SSSR count). The molecule has 2 heterocycles. The summed E-state index contributed by atoms with van der Waals surface area (Å²) in [4.78, 5) is 5.59. The maximum Gasteiger partial charge on any atom is 0.264 e. The summed E-state index contributed by atoms with van der Waals surface area (Å²) in [6, 6.07) is 8.57. The number of piperidine rings is 1. The molecule has 148 valence electrons. The molecule has 1 aliphatic heterocycles. The van der Waals surface area contributed by atoms with Crippen molar-refractivity contribution in [3.05, 3.63) is 36.0 Å².